The molecule has 1 aromatic rings. The topological polar surface area (TPSA) is 44.5 Å². The van der Waals surface area contributed by atoms with E-state index in [9.17, 15) is 4.39 Å². The first-order valence-electron chi connectivity index (χ1n) is 4.79. The highest BCUT2D eigenvalue weighted by molar-refractivity contribution is 5.28. The molecule has 0 aliphatic rings. The van der Waals surface area contributed by atoms with E-state index in [1.807, 2.05) is 6.92 Å². The van der Waals surface area contributed by atoms with Crippen LogP contribution in [0.25, 0.3) is 0 Å². The number of methoxy groups -OCH3 is 1. The molecule has 4 heteroatoms. The highest BCUT2D eigenvalue weighted by atomic mass is 19.1. The van der Waals surface area contributed by atoms with Crippen molar-refractivity contribution in [1.82, 2.24) is 0 Å². The van der Waals surface area contributed by atoms with E-state index in [2.05, 4.69) is 0 Å². The van der Waals surface area contributed by atoms with Crippen LogP contribution in [0.1, 0.15) is 12.5 Å². The van der Waals surface area contributed by atoms with Crippen LogP contribution in [-0.4, -0.2) is 19.8 Å². The van der Waals surface area contributed by atoms with Gasteiger partial charge in [-0.15, -0.1) is 0 Å². The summed E-state index contributed by atoms with van der Waals surface area (Å²) in [5.74, 6) is -0.134. The minimum Gasteiger partial charge on any atom is -0.494 e. The van der Waals surface area contributed by atoms with Gasteiger partial charge in [0.25, 0.3) is 0 Å². The summed E-state index contributed by atoms with van der Waals surface area (Å²) in [6, 6.07) is 4.75. The van der Waals surface area contributed by atoms with Gasteiger partial charge >= 0.3 is 0 Å². The molecule has 2 N–H and O–H groups in total. The predicted molar refractivity (Wildman–Crippen MR) is 56.3 cm³/mol. The second-order valence-corrected chi connectivity index (χ2v) is 3.46. The van der Waals surface area contributed by atoms with Crippen LogP contribution in [0.2, 0.25) is 0 Å². The van der Waals surface area contributed by atoms with Crippen molar-refractivity contribution < 1.29 is 13.9 Å². The average Bonchev–Trinajstić information content (AvgIpc) is 2.17. The molecular formula is C11H16FNO2. The Morgan fingerprint density at radius 2 is 2.20 bits per heavy atom. The van der Waals surface area contributed by atoms with Gasteiger partial charge in [-0.2, -0.15) is 0 Å². The van der Waals surface area contributed by atoms with Crippen LogP contribution in [0.5, 0.6) is 5.75 Å². The molecule has 1 atom stereocenters. The largest absolute Gasteiger partial charge is 0.494 e. The van der Waals surface area contributed by atoms with Crippen LogP contribution in [0.15, 0.2) is 18.2 Å². The van der Waals surface area contributed by atoms with Crippen LogP contribution >= 0.6 is 0 Å². The molecule has 15 heavy (non-hydrogen) atoms. The molecule has 0 radical (unpaired) electrons. The number of hydrogen-bond donors (Lipinski definition) is 1. The third-order valence-corrected chi connectivity index (χ3v) is 1.87. The van der Waals surface area contributed by atoms with Gasteiger partial charge in [0.1, 0.15) is 0 Å². The molecule has 3 nitrogen and oxygen atoms in total. The van der Waals surface area contributed by atoms with Crippen molar-refractivity contribution in [2.75, 3.05) is 13.7 Å². The van der Waals surface area contributed by atoms with E-state index in [1.165, 1.54) is 13.2 Å². The molecule has 84 valence electrons. The molecule has 0 saturated heterocycles. The van der Waals surface area contributed by atoms with Crippen molar-refractivity contribution in [2.24, 2.45) is 5.73 Å². The fourth-order valence-corrected chi connectivity index (χ4v) is 1.16. The summed E-state index contributed by atoms with van der Waals surface area (Å²) >= 11 is 0. The van der Waals surface area contributed by atoms with Gasteiger partial charge in [0.2, 0.25) is 0 Å². The molecule has 1 unspecified atom stereocenters. The number of halogens is 1. The number of nitrogens with two attached hydrogens (primary N) is 1. The lowest BCUT2D eigenvalue weighted by atomic mass is 10.2. The van der Waals surface area contributed by atoms with Crippen LogP contribution in [0.4, 0.5) is 4.39 Å². The zero-order valence-electron chi connectivity index (χ0n) is 9.00. The summed E-state index contributed by atoms with van der Waals surface area (Å²) in [5, 5.41) is 0. The van der Waals surface area contributed by atoms with Gasteiger partial charge in [0.05, 0.1) is 20.3 Å². The van der Waals surface area contributed by atoms with Crippen molar-refractivity contribution in [1.29, 1.82) is 0 Å². The van der Waals surface area contributed by atoms with Crippen molar-refractivity contribution in [3.8, 4) is 5.75 Å². The Morgan fingerprint density at radius 3 is 2.73 bits per heavy atom. The fourth-order valence-electron chi connectivity index (χ4n) is 1.16. The van der Waals surface area contributed by atoms with Crippen molar-refractivity contribution >= 4 is 0 Å². The van der Waals surface area contributed by atoms with Crippen LogP contribution < -0.4 is 10.5 Å². The Morgan fingerprint density at radius 1 is 1.47 bits per heavy atom. The number of ether oxygens (including phenoxy) is 2. The molecule has 0 saturated carbocycles. The zero-order chi connectivity index (χ0) is 11.3. The van der Waals surface area contributed by atoms with E-state index in [0.29, 0.717) is 13.2 Å². The van der Waals surface area contributed by atoms with E-state index in [4.69, 9.17) is 15.2 Å². The van der Waals surface area contributed by atoms with E-state index < -0.39 is 0 Å². The Bertz CT molecular complexity index is 315. The Labute approximate surface area is 89.0 Å². The standard InChI is InChI=1S/C11H16FNO2/c1-8(13)6-15-7-9-3-4-11(14-2)10(12)5-9/h3-5,8H,6-7,13H2,1-2H3. The average molecular weight is 213 g/mol. The molecular weight excluding hydrogens is 197 g/mol. The summed E-state index contributed by atoms with van der Waals surface area (Å²) in [5.41, 5.74) is 6.29. The number of benzene rings is 1. The molecule has 1 rings (SSSR count). The van der Waals surface area contributed by atoms with E-state index in [1.54, 1.807) is 12.1 Å². The normalized spacial score (nSPS) is 12.5. The molecule has 0 aliphatic heterocycles. The molecule has 0 heterocycles. The lowest BCUT2D eigenvalue weighted by Crippen LogP contribution is -2.21. The lowest BCUT2D eigenvalue weighted by molar-refractivity contribution is 0.111. The van der Waals surface area contributed by atoms with E-state index in [-0.39, 0.29) is 17.6 Å². The van der Waals surface area contributed by atoms with Crippen molar-refractivity contribution in [3.63, 3.8) is 0 Å². The quantitative estimate of drug-likeness (QED) is 0.809. The van der Waals surface area contributed by atoms with Crippen LogP contribution in [0, 0.1) is 5.82 Å². The van der Waals surface area contributed by atoms with Gasteiger partial charge in [-0.1, -0.05) is 6.07 Å². The smallest absolute Gasteiger partial charge is 0.165 e. The number of rotatable bonds is 5. The molecule has 0 spiro atoms. The first-order valence-corrected chi connectivity index (χ1v) is 4.79. The van der Waals surface area contributed by atoms with Gasteiger partial charge in [0, 0.05) is 6.04 Å². The molecule has 1 aromatic carbocycles. The Kier molecular flexibility index (Phi) is 4.52. The second kappa shape index (κ2) is 5.68. The fraction of sp³-hybridized carbons (Fsp3) is 0.455. The first kappa shape index (κ1) is 11.9. The van der Waals surface area contributed by atoms with Gasteiger partial charge < -0.3 is 15.2 Å². The zero-order valence-corrected chi connectivity index (χ0v) is 9.00. The minimum atomic E-state index is -0.376. The van der Waals surface area contributed by atoms with Crippen LogP contribution in [-0.2, 0) is 11.3 Å². The van der Waals surface area contributed by atoms with Crippen LogP contribution in [0.3, 0.4) is 0 Å². The second-order valence-electron chi connectivity index (χ2n) is 3.46. The molecule has 0 amide bonds. The highest BCUT2D eigenvalue weighted by Crippen LogP contribution is 2.17. The van der Waals surface area contributed by atoms with Gasteiger partial charge in [-0.3, -0.25) is 0 Å². The van der Waals surface area contributed by atoms with Gasteiger partial charge in [0.15, 0.2) is 11.6 Å². The first-order chi connectivity index (χ1) is 7.13. The van der Waals surface area contributed by atoms with Crippen molar-refractivity contribution in [3.05, 3.63) is 29.6 Å². The molecule has 0 fully saturated rings. The minimum absolute atomic E-state index is 0.00639. The summed E-state index contributed by atoms with van der Waals surface area (Å²) in [4.78, 5) is 0. The van der Waals surface area contributed by atoms with E-state index >= 15 is 0 Å². The lowest BCUT2D eigenvalue weighted by Gasteiger charge is -2.08. The van der Waals surface area contributed by atoms with E-state index in [0.717, 1.165) is 5.56 Å². The maximum atomic E-state index is 13.2. The third kappa shape index (κ3) is 3.85. The summed E-state index contributed by atoms with van der Waals surface area (Å²) < 4.78 is 23.3. The summed E-state index contributed by atoms with van der Waals surface area (Å²) in [6.45, 7) is 2.69. The molecule has 0 aromatic heterocycles. The van der Waals surface area contributed by atoms with Gasteiger partial charge in [-0.25, -0.2) is 4.39 Å². The monoisotopic (exact) mass is 213 g/mol. The maximum Gasteiger partial charge on any atom is 0.165 e. The predicted octanol–water partition coefficient (Wildman–Crippen LogP) is 1.70. The molecule has 0 bridgehead atoms. The Hall–Kier alpha value is -1.13. The number of hydrogen-bond acceptors (Lipinski definition) is 3. The van der Waals surface area contributed by atoms with Crippen molar-refractivity contribution in [2.45, 2.75) is 19.6 Å². The Balaban J connectivity index is 2.52. The summed E-state index contributed by atoms with van der Waals surface area (Å²) in [6.07, 6.45) is 0. The SMILES string of the molecule is COc1ccc(COCC(C)N)cc1F. The highest BCUT2D eigenvalue weighted by Gasteiger charge is 2.03. The van der Waals surface area contributed by atoms with Gasteiger partial charge in [-0.05, 0) is 24.6 Å². The third-order valence-electron chi connectivity index (χ3n) is 1.87. The maximum absolute atomic E-state index is 13.2. The summed E-state index contributed by atoms with van der Waals surface area (Å²) in [7, 11) is 1.44. The molecule has 0 aliphatic carbocycles.